The predicted octanol–water partition coefficient (Wildman–Crippen LogP) is 3.11. The molecule has 1 aliphatic heterocycles. The summed E-state index contributed by atoms with van der Waals surface area (Å²) >= 11 is 0. The first-order valence-electron chi connectivity index (χ1n) is 7.72. The van der Waals surface area contributed by atoms with Crippen LogP contribution in [0.15, 0.2) is 0 Å². The van der Waals surface area contributed by atoms with Gasteiger partial charge in [0, 0.05) is 12.6 Å². The fourth-order valence-electron chi connectivity index (χ4n) is 4.16. The molecule has 3 aliphatic rings. The van der Waals surface area contributed by atoms with Gasteiger partial charge in [0.2, 0.25) is 0 Å². The zero-order chi connectivity index (χ0) is 11.7. The molecule has 0 aromatic carbocycles. The molecule has 2 heteroatoms. The Morgan fingerprint density at radius 2 is 2.12 bits per heavy atom. The van der Waals surface area contributed by atoms with Crippen molar-refractivity contribution < 1.29 is 4.74 Å². The van der Waals surface area contributed by atoms with Gasteiger partial charge < -0.3 is 10.1 Å². The molecule has 2 nitrogen and oxygen atoms in total. The maximum absolute atomic E-state index is 6.39. The molecule has 1 saturated heterocycles. The van der Waals surface area contributed by atoms with Gasteiger partial charge in [0.1, 0.15) is 0 Å². The lowest BCUT2D eigenvalue weighted by Gasteiger charge is -2.52. The lowest BCUT2D eigenvalue weighted by atomic mass is 9.68. The Balaban J connectivity index is 1.77. The van der Waals surface area contributed by atoms with Crippen molar-refractivity contribution in [2.45, 2.75) is 69.9 Å². The Morgan fingerprint density at radius 3 is 2.88 bits per heavy atom. The molecule has 2 saturated carbocycles. The van der Waals surface area contributed by atoms with Crippen molar-refractivity contribution in [2.75, 3.05) is 13.2 Å². The van der Waals surface area contributed by atoms with Gasteiger partial charge in [0.25, 0.3) is 0 Å². The maximum atomic E-state index is 6.39. The zero-order valence-electron chi connectivity index (χ0n) is 11.2. The van der Waals surface area contributed by atoms with Crippen molar-refractivity contribution in [1.82, 2.24) is 5.32 Å². The molecule has 0 aromatic rings. The van der Waals surface area contributed by atoms with Gasteiger partial charge in [-0.2, -0.15) is 0 Å². The fourth-order valence-corrected chi connectivity index (χ4v) is 4.16. The van der Waals surface area contributed by atoms with Crippen molar-refractivity contribution in [1.29, 1.82) is 0 Å². The minimum absolute atomic E-state index is 0.202. The summed E-state index contributed by atoms with van der Waals surface area (Å²) in [6.07, 6.45) is 11.1. The molecule has 1 N–H and O–H groups in total. The van der Waals surface area contributed by atoms with Gasteiger partial charge in [-0.1, -0.05) is 39.0 Å². The summed E-state index contributed by atoms with van der Waals surface area (Å²) < 4.78 is 6.39. The van der Waals surface area contributed by atoms with Crippen LogP contribution in [0.3, 0.4) is 0 Å². The van der Waals surface area contributed by atoms with Crippen LogP contribution in [-0.2, 0) is 4.74 Å². The van der Waals surface area contributed by atoms with Crippen LogP contribution < -0.4 is 5.32 Å². The SMILES string of the molecule is CCC1CCCCC12OCCNC2CC1CC1. The molecule has 98 valence electrons. The molecule has 0 amide bonds. The Kier molecular flexibility index (Phi) is 3.45. The third kappa shape index (κ3) is 2.26. The molecule has 17 heavy (non-hydrogen) atoms. The van der Waals surface area contributed by atoms with E-state index in [0.717, 1.165) is 25.0 Å². The van der Waals surface area contributed by atoms with Crippen LogP contribution >= 0.6 is 0 Å². The predicted molar refractivity (Wildman–Crippen MR) is 70.1 cm³/mol. The Labute approximate surface area is 105 Å². The molecular formula is C15H27NO. The van der Waals surface area contributed by atoms with Crippen LogP contribution in [0.5, 0.6) is 0 Å². The van der Waals surface area contributed by atoms with E-state index in [1.165, 1.54) is 51.4 Å². The number of morpholine rings is 1. The smallest absolute Gasteiger partial charge is 0.0863 e. The molecule has 0 aromatic heterocycles. The van der Waals surface area contributed by atoms with Crippen molar-refractivity contribution in [3.05, 3.63) is 0 Å². The summed E-state index contributed by atoms with van der Waals surface area (Å²) in [4.78, 5) is 0. The van der Waals surface area contributed by atoms with E-state index in [1.807, 2.05) is 0 Å². The Morgan fingerprint density at radius 1 is 1.24 bits per heavy atom. The van der Waals surface area contributed by atoms with Crippen LogP contribution in [0.1, 0.15) is 58.3 Å². The van der Waals surface area contributed by atoms with E-state index in [2.05, 4.69) is 12.2 Å². The number of rotatable bonds is 3. The van der Waals surface area contributed by atoms with Gasteiger partial charge in [0.05, 0.1) is 12.2 Å². The fraction of sp³-hybridized carbons (Fsp3) is 1.00. The minimum Gasteiger partial charge on any atom is -0.372 e. The highest BCUT2D eigenvalue weighted by molar-refractivity contribution is 5.03. The Hall–Kier alpha value is -0.0800. The molecule has 0 radical (unpaired) electrons. The summed E-state index contributed by atoms with van der Waals surface area (Å²) in [7, 11) is 0. The van der Waals surface area contributed by atoms with Crippen LogP contribution in [0.4, 0.5) is 0 Å². The number of ether oxygens (including phenoxy) is 1. The summed E-state index contributed by atoms with van der Waals surface area (Å²) in [5, 5.41) is 3.79. The minimum atomic E-state index is 0.202. The maximum Gasteiger partial charge on any atom is 0.0863 e. The highest BCUT2D eigenvalue weighted by Gasteiger charge is 2.49. The van der Waals surface area contributed by atoms with Crippen molar-refractivity contribution in [3.63, 3.8) is 0 Å². The van der Waals surface area contributed by atoms with Crippen LogP contribution in [-0.4, -0.2) is 24.8 Å². The van der Waals surface area contributed by atoms with Crippen molar-refractivity contribution >= 4 is 0 Å². The average molecular weight is 237 g/mol. The number of nitrogens with one attached hydrogen (secondary N) is 1. The second kappa shape index (κ2) is 4.89. The highest BCUT2D eigenvalue weighted by Crippen LogP contribution is 2.46. The van der Waals surface area contributed by atoms with Crippen LogP contribution in [0.2, 0.25) is 0 Å². The summed E-state index contributed by atoms with van der Waals surface area (Å²) in [6, 6.07) is 0.647. The topological polar surface area (TPSA) is 21.3 Å². The second-order valence-electron chi connectivity index (χ2n) is 6.34. The van der Waals surface area contributed by atoms with Gasteiger partial charge in [-0.05, 0) is 31.1 Å². The van der Waals surface area contributed by atoms with E-state index in [-0.39, 0.29) is 5.60 Å². The monoisotopic (exact) mass is 237 g/mol. The van der Waals surface area contributed by atoms with Crippen LogP contribution in [0, 0.1) is 11.8 Å². The molecule has 3 atom stereocenters. The summed E-state index contributed by atoms with van der Waals surface area (Å²) in [6.45, 7) is 4.34. The molecule has 3 unspecified atom stereocenters. The van der Waals surface area contributed by atoms with Crippen LogP contribution in [0.25, 0.3) is 0 Å². The van der Waals surface area contributed by atoms with E-state index < -0.39 is 0 Å². The van der Waals surface area contributed by atoms with E-state index in [1.54, 1.807) is 0 Å². The standard InChI is InChI=1S/C15H27NO/c1-2-13-5-3-4-8-15(13)14(11-12-6-7-12)16-9-10-17-15/h12-14,16H,2-11H2,1H3. The van der Waals surface area contributed by atoms with Gasteiger partial charge in [-0.25, -0.2) is 0 Å². The molecule has 1 heterocycles. The number of hydrogen-bond acceptors (Lipinski definition) is 2. The van der Waals surface area contributed by atoms with Crippen molar-refractivity contribution in [2.24, 2.45) is 11.8 Å². The van der Waals surface area contributed by atoms with Gasteiger partial charge in [0.15, 0.2) is 0 Å². The molecule has 0 bridgehead atoms. The Bertz CT molecular complexity index is 258. The second-order valence-corrected chi connectivity index (χ2v) is 6.34. The van der Waals surface area contributed by atoms with E-state index in [0.29, 0.717) is 6.04 Å². The van der Waals surface area contributed by atoms with Gasteiger partial charge in [-0.15, -0.1) is 0 Å². The third-order valence-electron chi connectivity index (χ3n) is 5.27. The lowest BCUT2D eigenvalue weighted by molar-refractivity contribution is -0.154. The van der Waals surface area contributed by atoms with E-state index >= 15 is 0 Å². The third-order valence-corrected chi connectivity index (χ3v) is 5.27. The largest absolute Gasteiger partial charge is 0.372 e. The lowest BCUT2D eigenvalue weighted by Crippen LogP contribution is -2.62. The van der Waals surface area contributed by atoms with E-state index in [9.17, 15) is 0 Å². The van der Waals surface area contributed by atoms with E-state index in [4.69, 9.17) is 4.74 Å². The molecule has 2 aliphatic carbocycles. The van der Waals surface area contributed by atoms with Gasteiger partial charge >= 0.3 is 0 Å². The first-order valence-corrected chi connectivity index (χ1v) is 7.72. The molecular weight excluding hydrogens is 210 g/mol. The first kappa shape index (κ1) is 12.0. The normalized spacial score (nSPS) is 42.9. The zero-order valence-corrected chi connectivity index (χ0v) is 11.2. The van der Waals surface area contributed by atoms with Gasteiger partial charge in [-0.3, -0.25) is 0 Å². The summed E-state index contributed by atoms with van der Waals surface area (Å²) in [5.41, 5.74) is 0.202. The first-order chi connectivity index (χ1) is 8.35. The average Bonchev–Trinajstić information content (AvgIpc) is 3.17. The number of hydrogen-bond donors (Lipinski definition) is 1. The molecule has 3 fully saturated rings. The highest BCUT2D eigenvalue weighted by atomic mass is 16.5. The quantitative estimate of drug-likeness (QED) is 0.814. The van der Waals surface area contributed by atoms with Crippen molar-refractivity contribution in [3.8, 4) is 0 Å². The molecule has 1 spiro atoms. The summed E-state index contributed by atoms with van der Waals surface area (Å²) in [5.74, 6) is 1.80. The molecule has 3 rings (SSSR count).